The molecular formula is C15H18O2. The number of ether oxygens (including phenoxy) is 1. The van der Waals surface area contributed by atoms with Gasteiger partial charge in [0.15, 0.2) is 0 Å². The van der Waals surface area contributed by atoms with Crippen LogP contribution in [0.2, 0.25) is 0 Å². The van der Waals surface area contributed by atoms with Gasteiger partial charge in [0.1, 0.15) is 0 Å². The highest BCUT2D eigenvalue weighted by atomic mass is 16.5. The molecule has 0 saturated heterocycles. The summed E-state index contributed by atoms with van der Waals surface area (Å²) >= 11 is 0. The van der Waals surface area contributed by atoms with E-state index in [4.69, 9.17) is 4.74 Å². The molecule has 0 aliphatic rings. The summed E-state index contributed by atoms with van der Waals surface area (Å²) in [5, 5.41) is 0. The number of allylic oxidation sites excluding steroid dienone is 3. The van der Waals surface area contributed by atoms with Crippen molar-refractivity contribution in [3.63, 3.8) is 0 Å². The summed E-state index contributed by atoms with van der Waals surface area (Å²) < 4.78 is 5.05. The van der Waals surface area contributed by atoms with E-state index in [0.717, 1.165) is 12.8 Å². The molecule has 0 amide bonds. The molecule has 90 valence electrons. The molecule has 0 radical (unpaired) electrons. The first-order valence-corrected chi connectivity index (χ1v) is 5.83. The van der Waals surface area contributed by atoms with Crippen molar-refractivity contribution in [2.45, 2.75) is 19.8 Å². The highest BCUT2D eigenvalue weighted by molar-refractivity contribution is 5.82. The van der Waals surface area contributed by atoms with Crippen molar-refractivity contribution in [2.75, 3.05) is 6.61 Å². The zero-order valence-corrected chi connectivity index (χ0v) is 10.1. The largest absolute Gasteiger partial charge is 0.463 e. The lowest BCUT2D eigenvalue weighted by Crippen LogP contribution is -2.03. The number of carbonyl (C=O) groups is 1. The first-order chi connectivity index (χ1) is 8.33. The van der Waals surface area contributed by atoms with Crippen molar-refractivity contribution in [1.29, 1.82) is 0 Å². The number of esters is 1. The van der Waals surface area contributed by atoms with Gasteiger partial charge in [0.05, 0.1) is 6.61 Å². The summed E-state index contributed by atoms with van der Waals surface area (Å²) in [6, 6.07) is 10.2. The SMILES string of the molecule is CC=CC=CC(=O)OCCCc1ccccc1. The number of rotatable bonds is 6. The Morgan fingerprint density at radius 3 is 2.71 bits per heavy atom. The van der Waals surface area contributed by atoms with Gasteiger partial charge < -0.3 is 4.74 Å². The molecule has 0 aliphatic carbocycles. The Morgan fingerprint density at radius 2 is 2.00 bits per heavy atom. The zero-order chi connectivity index (χ0) is 12.3. The van der Waals surface area contributed by atoms with Gasteiger partial charge in [-0.3, -0.25) is 0 Å². The average Bonchev–Trinajstić information content (AvgIpc) is 2.36. The minimum atomic E-state index is -0.281. The Bertz CT molecular complexity index is 377. The van der Waals surface area contributed by atoms with Crippen LogP contribution in [0.15, 0.2) is 54.6 Å². The third kappa shape index (κ3) is 6.36. The molecule has 2 heteroatoms. The van der Waals surface area contributed by atoms with Crippen molar-refractivity contribution in [3.8, 4) is 0 Å². The maximum Gasteiger partial charge on any atom is 0.330 e. The summed E-state index contributed by atoms with van der Waals surface area (Å²) in [6.07, 6.45) is 8.56. The normalized spacial score (nSPS) is 11.1. The summed E-state index contributed by atoms with van der Waals surface area (Å²) in [5.41, 5.74) is 1.27. The van der Waals surface area contributed by atoms with Crippen LogP contribution in [0.3, 0.4) is 0 Å². The Kier molecular flexibility index (Phi) is 6.49. The fourth-order valence-electron chi connectivity index (χ4n) is 1.39. The Morgan fingerprint density at radius 1 is 1.24 bits per heavy atom. The van der Waals surface area contributed by atoms with E-state index in [0.29, 0.717) is 6.61 Å². The number of carbonyl (C=O) groups excluding carboxylic acids is 1. The van der Waals surface area contributed by atoms with E-state index in [9.17, 15) is 4.79 Å². The van der Waals surface area contributed by atoms with Crippen LogP contribution >= 0.6 is 0 Å². The van der Waals surface area contributed by atoms with E-state index >= 15 is 0 Å². The summed E-state index contributed by atoms with van der Waals surface area (Å²) in [4.78, 5) is 11.2. The van der Waals surface area contributed by atoms with E-state index in [1.165, 1.54) is 11.6 Å². The number of aryl methyl sites for hydroxylation is 1. The highest BCUT2D eigenvalue weighted by Crippen LogP contribution is 2.02. The summed E-state index contributed by atoms with van der Waals surface area (Å²) in [5.74, 6) is -0.281. The van der Waals surface area contributed by atoms with Crippen molar-refractivity contribution in [2.24, 2.45) is 0 Å². The topological polar surface area (TPSA) is 26.3 Å². The maximum absolute atomic E-state index is 11.2. The van der Waals surface area contributed by atoms with Gasteiger partial charge in [-0.05, 0) is 25.3 Å². The van der Waals surface area contributed by atoms with Crippen molar-refractivity contribution >= 4 is 5.97 Å². The van der Waals surface area contributed by atoms with Gasteiger partial charge in [-0.25, -0.2) is 4.79 Å². The summed E-state index contributed by atoms with van der Waals surface area (Å²) in [6.45, 7) is 2.36. The Balaban J connectivity index is 2.14. The van der Waals surface area contributed by atoms with Crippen LogP contribution in [0.4, 0.5) is 0 Å². The molecule has 0 bridgehead atoms. The molecule has 2 nitrogen and oxygen atoms in total. The molecule has 0 N–H and O–H groups in total. The van der Waals surface area contributed by atoms with Crippen LogP contribution in [0, 0.1) is 0 Å². The molecule has 17 heavy (non-hydrogen) atoms. The predicted molar refractivity (Wildman–Crippen MR) is 69.7 cm³/mol. The second kappa shape index (κ2) is 8.34. The minimum Gasteiger partial charge on any atom is -0.463 e. The van der Waals surface area contributed by atoms with Crippen LogP contribution in [-0.2, 0) is 16.0 Å². The van der Waals surface area contributed by atoms with E-state index in [2.05, 4.69) is 12.1 Å². The lowest BCUT2D eigenvalue weighted by molar-refractivity contribution is -0.137. The van der Waals surface area contributed by atoms with Gasteiger partial charge >= 0.3 is 5.97 Å². The Labute approximate surface area is 103 Å². The summed E-state index contributed by atoms with van der Waals surface area (Å²) in [7, 11) is 0. The van der Waals surface area contributed by atoms with Gasteiger partial charge in [-0.2, -0.15) is 0 Å². The molecule has 0 heterocycles. The van der Waals surface area contributed by atoms with Crippen LogP contribution in [0.5, 0.6) is 0 Å². The van der Waals surface area contributed by atoms with Gasteiger partial charge in [0.2, 0.25) is 0 Å². The average molecular weight is 230 g/mol. The smallest absolute Gasteiger partial charge is 0.330 e. The standard InChI is InChI=1S/C15H18O2/c1-2-3-5-12-15(16)17-13-8-11-14-9-6-4-7-10-14/h2-7,9-10,12H,8,11,13H2,1H3. The molecular weight excluding hydrogens is 212 g/mol. The van der Waals surface area contributed by atoms with Crippen LogP contribution in [-0.4, -0.2) is 12.6 Å². The van der Waals surface area contributed by atoms with Crippen LogP contribution < -0.4 is 0 Å². The minimum absolute atomic E-state index is 0.281. The maximum atomic E-state index is 11.2. The molecule has 1 aromatic rings. The lowest BCUT2D eigenvalue weighted by atomic mass is 10.1. The lowest BCUT2D eigenvalue weighted by Gasteiger charge is -2.02. The Hall–Kier alpha value is -1.83. The fourth-order valence-corrected chi connectivity index (χ4v) is 1.39. The molecule has 0 aromatic heterocycles. The zero-order valence-electron chi connectivity index (χ0n) is 10.1. The monoisotopic (exact) mass is 230 g/mol. The van der Waals surface area contributed by atoms with Gasteiger partial charge in [0.25, 0.3) is 0 Å². The molecule has 1 rings (SSSR count). The second-order valence-electron chi connectivity index (χ2n) is 3.64. The first-order valence-electron chi connectivity index (χ1n) is 5.83. The van der Waals surface area contributed by atoms with E-state index < -0.39 is 0 Å². The van der Waals surface area contributed by atoms with Crippen LogP contribution in [0.25, 0.3) is 0 Å². The molecule has 0 atom stereocenters. The first kappa shape index (κ1) is 13.2. The molecule has 0 unspecified atom stereocenters. The third-order valence-electron chi connectivity index (χ3n) is 2.23. The quantitative estimate of drug-likeness (QED) is 0.324. The molecule has 0 aliphatic heterocycles. The van der Waals surface area contributed by atoms with Gasteiger partial charge in [-0.15, -0.1) is 0 Å². The van der Waals surface area contributed by atoms with Gasteiger partial charge in [0, 0.05) is 6.08 Å². The highest BCUT2D eigenvalue weighted by Gasteiger charge is 1.96. The molecule has 0 fully saturated rings. The third-order valence-corrected chi connectivity index (χ3v) is 2.23. The molecule has 0 spiro atoms. The fraction of sp³-hybridized carbons (Fsp3) is 0.267. The van der Waals surface area contributed by atoms with E-state index in [1.54, 1.807) is 12.2 Å². The van der Waals surface area contributed by atoms with Crippen molar-refractivity contribution in [3.05, 3.63) is 60.2 Å². The van der Waals surface area contributed by atoms with E-state index in [-0.39, 0.29) is 5.97 Å². The molecule has 0 saturated carbocycles. The van der Waals surface area contributed by atoms with Crippen LogP contribution in [0.1, 0.15) is 18.9 Å². The number of hydrogen-bond acceptors (Lipinski definition) is 2. The van der Waals surface area contributed by atoms with Crippen molar-refractivity contribution in [1.82, 2.24) is 0 Å². The second-order valence-corrected chi connectivity index (χ2v) is 3.64. The number of benzene rings is 1. The predicted octanol–water partition coefficient (Wildman–Crippen LogP) is 3.29. The van der Waals surface area contributed by atoms with Gasteiger partial charge in [-0.1, -0.05) is 48.6 Å². The molecule has 1 aromatic carbocycles. The number of hydrogen-bond donors (Lipinski definition) is 0. The van der Waals surface area contributed by atoms with Crippen molar-refractivity contribution < 1.29 is 9.53 Å². The van der Waals surface area contributed by atoms with E-state index in [1.807, 2.05) is 31.2 Å².